The summed E-state index contributed by atoms with van der Waals surface area (Å²) in [4.78, 5) is 29.1. The summed E-state index contributed by atoms with van der Waals surface area (Å²) >= 11 is 0. The minimum Gasteiger partial charge on any atom is -0.487 e. The van der Waals surface area contributed by atoms with Gasteiger partial charge in [0.05, 0.1) is 12.2 Å². The summed E-state index contributed by atoms with van der Waals surface area (Å²) in [6.45, 7) is 5.16. The molecule has 0 bridgehead atoms. The molecule has 0 aliphatic carbocycles. The van der Waals surface area contributed by atoms with Crippen LogP contribution in [-0.4, -0.2) is 31.0 Å². The third-order valence-electron chi connectivity index (χ3n) is 5.22. The van der Waals surface area contributed by atoms with Crippen LogP contribution in [0.5, 0.6) is 5.75 Å². The monoisotopic (exact) mass is 364 g/mol. The highest BCUT2D eigenvalue weighted by Gasteiger charge is 2.29. The standard InChI is InChI=1S/C22H24N2O3/c1-15-7-8-20-19(13-15)24(14-16(2)27-20)22(26)10-9-21(25)23-12-11-17-5-3-4-6-18(17)23/h3-8,13,16H,9-12,14H2,1-2H3. The van der Waals surface area contributed by atoms with Crippen molar-refractivity contribution in [2.75, 3.05) is 22.9 Å². The van der Waals surface area contributed by atoms with E-state index in [4.69, 9.17) is 4.74 Å². The summed E-state index contributed by atoms with van der Waals surface area (Å²) in [6.07, 6.45) is 1.24. The van der Waals surface area contributed by atoms with Gasteiger partial charge in [-0.2, -0.15) is 0 Å². The molecular weight excluding hydrogens is 340 g/mol. The molecule has 2 heterocycles. The Hall–Kier alpha value is -2.82. The van der Waals surface area contributed by atoms with Crippen molar-refractivity contribution in [3.63, 3.8) is 0 Å². The first-order chi connectivity index (χ1) is 13.0. The second-order valence-electron chi connectivity index (χ2n) is 7.33. The van der Waals surface area contributed by atoms with E-state index in [2.05, 4.69) is 6.07 Å². The zero-order valence-electron chi connectivity index (χ0n) is 15.8. The molecule has 2 aromatic rings. The summed E-state index contributed by atoms with van der Waals surface area (Å²) in [5.41, 5.74) is 4.06. The van der Waals surface area contributed by atoms with E-state index in [-0.39, 0.29) is 30.8 Å². The van der Waals surface area contributed by atoms with Gasteiger partial charge in [-0.25, -0.2) is 0 Å². The van der Waals surface area contributed by atoms with Crippen LogP contribution in [0.3, 0.4) is 0 Å². The number of benzene rings is 2. The van der Waals surface area contributed by atoms with Crippen molar-refractivity contribution in [2.45, 2.75) is 39.2 Å². The van der Waals surface area contributed by atoms with Gasteiger partial charge in [0.1, 0.15) is 11.9 Å². The number of fused-ring (bicyclic) bond motifs is 2. The van der Waals surface area contributed by atoms with Gasteiger partial charge in [-0.15, -0.1) is 0 Å². The van der Waals surface area contributed by atoms with Crippen LogP contribution in [-0.2, 0) is 16.0 Å². The number of amides is 2. The van der Waals surface area contributed by atoms with Gasteiger partial charge in [0, 0.05) is 25.1 Å². The minimum absolute atomic E-state index is 0.0130. The molecule has 0 radical (unpaired) electrons. The van der Waals surface area contributed by atoms with Crippen molar-refractivity contribution in [2.24, 2.45) is 0 Å². The molecule has 140 valence electrons. The fourth-order valence-electron chi connectivity index (χ4n) is 3.86. The van der Waals surface area contributed by atoms with Crippen molar-refractivity contribution in [1.82, 2.24) is 0 Å². The third kappa shape index (κ3) is 3.42. The molecule has 27 heavy (non-hydrogen) atoms. The molecule has 1 atom stereocenters. The van der Waals surface area contributed by atoms with Crippen LogP contribution in [0.2, 0.25) is 0 Å². The van der Waals surface area contributed by atoms with E-state index >= 15 is 0 Å². The number of ether oxygens (including phenoxy) is 1. The summed E-state index contributed by atoms with van der Waals surface area (Å²) < 4.78 is 5.84. The van der Waals surface area contributed by atoms with Gasteiger partial charge < -0.3 is 14.5 Å². The van der Waals surface area contributed by atoms with E-state index in [9.17, 15) is 9.59 Å². The number of aryl methyl sites for hydroxylation is 1. The number of anilines is 2. The Balaban J connectivity index is 1.45. The molecule has 0 fully saturated rings. The summed E-state index contributed by atoms with van der Waals surface area (Å²) in [6, 6.07) is 13.8. The summed E-state index contributed by atoms with van der Waals surface area (Å²) in [7, 11) is 0. The van der Waals surface area contributed by atoms with Crippen LogP contribution < -0.4 is 14.5 Å². The van der Waals surface area contributed by atoms with Gasteiger partial charge in [-0.3, -0.25) is 9.59 Å². The first-order valence-corrected chi connectivity index (χ1v) is 9.49. The van der Waals surface area contributed by atoms with Crippen molar-refractivity contribution in [1.29, 1.82) is 0 Å². The largest absolute Gasteiger partial charge is 0.487 e. The second kappa shape index (κ2) is 7.06. The highest BCUT2D eigenvalue weighted by molar-refractivity contribution is 6.01. The normalized spacial score (nSPS) is 17.9. The van der Waals surface area contributed by atoms with E-state index in [1.807, 2.05) is 55.1 Å². The van der Waals surface area contributed by atoms with Gasteiger partial charge in [0.15, 0.2) is 0 Å². The Bertz CT molecular complexity index is 893. The second-order valence-corrected chi connectivity index (χ2v) is 7.33. The van der Waals surface area contributed by atoms with Crippen LogP contribution in [0, 0.1) is 6.92 Å². The molecule has 2 aliphatic rings. The van der Waals surface area contributed by atoms with Crippen molar-refractivity contribution < 1.29 is 14.3 Å². The molecule has 2 aromatic carbocycles. The quantitative estimate of drug-likeness (QED) is 0.838. The lowest BCUT2D eigenvalue weighted by Gasteiger charge is -2.34. The first kappa shape index (κ1) is 17.6. The lowest BCUT2D eigenvalue weighted by atomic mass is 10.1. The zero-order chi connectivity index (χ0) is 19.0. The highest BCUT2D eigenvalue weighted by Crippen LogP contribution is 2.35. The fraction of sp³-hybridized carbons (Fsp3) is 0.364. The zero-order valence-corrected chi connectivity index (χ0v) is 15.8. The average molecular weight is 364 g/mol. The molecule has 0 saturated carbocycles. The minimum atomic E-state index is -0.0645. The smallest absolute Gasteiger partial charge is 0.227 e. The highest BCUT2D eigenvalue weighted by atomic mass is 16.5. The molecule has 2 amide bonds. The van der Waals surface area contributed by atoms with Crippen LogP contribution in [0.1, 0.15) is 30.9 Å². The molecule has 0 spiro atoms. The number of nitrogens with zero attached hydrogens (tertiary/aromatic N) is 2. The van der Waals surface area contributed by atoms with E-state index < -0.39 is 0 Å². The summed E-state index contributed by atoms with van der Waals surface area (Å²) in [5, 5.41) is 0. The Morgan fingerprint density at radius 3 is 2.59 bits per heavy atom. The lowest BCUT2D eigenvalue weighted by molar-refractivity contribution is -0.124. The molecule has 2 aliphatic heterocycles. The van der Waals surface area contributed by atoms with Crippen LogP contribution in [0.15, 0.2) is 42.5 Å². The number of para-hydroxylation sites is 1. The Kier molecular flexibility index (Phi) is 4.60. The van der Waals surface area contributed by atoms with E-state index in [0.717, 1.165) is 29.1 Å². The van der Waals surface area contributed by atoms with Gasteiger partial charge in [0.25, 0.3) is 0 Å². The maximum atomic E-state index is 12.9. The Morgan fingerprint density at radius 1 is 1.04 bits per heavy atom. The SMILES string of the molecule is Cc1ccc2c(c1)N(C(=O)CCC(=O)N1CCc3ccccc31)CC(C)O2. The Labute approximate surface area is 159 Å². The van der Waals surface area contributed by atoms with Crippen LogP contribution >= 0.6 is 0 Å². The van der Waals surface area contributed by atoms with Crippen molar-refractivity contribution in [3.05, 3.63) is 53.6 Å². The third-order valence-corrected chi connectivity index (χ3v) is 5.22. The van der Waals surface area contributed by atoms with Gasteiger partial charge in [0.2, 0.25) is 11.8 Å². The number of carbonyl (C=O) groups is 2. The van der Waals surface area contributed by atoms with Gasteiger partial charge >= 0.3 is 0 Å². The summed E-state index contributed by atoms with van der Waals surface area (Å²) in [5.74, 6) is 0.712. The number of rotatable bonds is 3. The topological polar surface area (TPSA) is 49.9 Å². The van der Waals surface area contributed by atoms with E-state index in [1.165, 1.54) is 5.56 Å². The molecule has 4 rings (SSSR count). The fourth-order valence-corrected chi connectivity index (χ4v) is 3.86. The predicted octanol–water partition coefficient (Wildman–Crippen LogP) is 3.48. The number of hydrogen-bond donors (Lipinski definition) is 0. The lowest BCUT2D eigenvalue weighted by Crippen LogP contribution is -2.42. The number of hydrogen-bond acceptors (Lipinski definition) is 3. The van der Waals surface area contributed by atoms with Crippen molar-refractivity contribution >= 4 is 23.2 Å². The molecule has 5 nitrogen and oxygen atoms in total. The molecule has 0 N–H and O–H groups in total. The molecule has 0 saturated heterocycles. The van der Waals surface area contributed by atoms with Gasteiger partial charge in [-0.1, -0.05) is 24.3 Å². The maximum Gasteiger partial charge on any atom is 0.227 e. The van der Waals surface area contributed by atoms with Crippen LogP contribution in [0.25, 0.3) is 0 Å². The molecule has 0 aromatic heterocycles. The first-order valence-electron chi connectivity index (χ1n) is 9.49. The van der Waals surface area contributed by atoms with E-state index in [0.29, 0.717) is 13.1 Å². The predicted molar refractivity (Wildman–Crippen MR) is 105 cm³/mol. The molecule has 1 unspecified atom stereocenters. The van der Waals surface area contributed by atoms with E-state index in [1.54, 1.807) is 4.90 Å². The van der Waals surface area contributed by atoms with Crippen LogP contribution in [0.4, 0.5) is 11.4 Å². The molecule has 5 heteroatoms. The van der Waals surface area contributed by atoms with Crippen molar-refractivity contribution in [3.8, 4) is 5.75 Å². The van der Waals surface area contributed by atoms with Gasteiger partial charge in [-0.05, 0) is 49.6 Å². The average Bonchev–Trinajstić information content (AvgIpc) is 3.10. The molecular formula is C22H24N2O3. The Morgan fingerprint density at radius 2 is 1.78 bits per heavy atom. The number of carbonyl (C=O) groups excluding carboxylic acids is 2. The maximum absolute atomic E-state index is 12.9.